The molecule has 0 saturated heterocycles. The highest BCUT2D eigenvalue weighted by Crippen LogP contribution is 2.26. The summed E-state index contributed by atoms with van der Waals surface area (Å²) in [5.41, 5.74) is 0.173. The Kier molecular flexibility index (Phi) is 4.38. The average Bonchev–Trinajstić information content (AvgIpc) is 2.14. The fraction of sp³-hybridized carbons (Fsp3) is 0.500. The van der Waals surface area contributed by atoms with Crippen LogP contribution in [0, 0.1) is 6.92 Å². The van der Waals surface area contributed by atoms with Gasteiger partial charge < -0.3 is 0 Å². The zero-order valence-corrected chi connectivity index (χ0v) is 11.2. The van der Waals surface area contributed by atoms with E-state index in [-0.39, 0.29) is 10.5 Å². The first-order chi connectivity index (χ1) is 7.70. The fourth-order valence-electron chi connectivity index (χ4n) is 1.34. The van der Waals surface area contributed by atoms with Crippen molar-refractivity contribution in [3.8, 4) is 0 Å². The third kappa shape index (κ3) is 4.16. The van der Waals surface area contributed by atoms with Gasteiger partial charge in [0.25, 0.3) is 6.43 Å². The minimum atomic E-state index is -2.62. The summed E-state index contributed by atoms with van der Waals surface area (Å²) in [6.07, 6.45) is -2.62. The van der Waals surface area contributed by atoms with Gasteiger partial charge in [-0.3, -0.25) is 0 Å². The van der Waals surface area contributed by atoms with Crippen LogP contribution in [0.1, 0.15) is 38.3 Å². The molecule has 96 valence electrons. The molecule has 17 heavy (non-hydrogen) atoms. The van der Waals surface area contributed by atoms with Crippen LogP contribution in [0.4, 0.5) is 8.78 Å². The molecular formula is C12H17F2NOS. The summed E-state index contributed by atoms with van der Waals surface area (Å²) in [6, 6.07) is 4.55. The van der Waals surface area contributed by atoms with Crippen molar-refractivity contribution < 1.29 is 13.0 Å². The molecule has 0 radical (unpaired) electrons. The molecule has 0 spiro atoms. The molecule has 0 amide bonds. The maximum absolute atomic E-state index is 12.8. The van der Waals surface area contributed by atoms with E-state index >= 15 is 0 Å². The van der Waals surface area contributed by atoms with Gasteiger partial charge in [0.05, 0.1) is 4.90 Å². The second-order valence-electron chi connectivity index (χ2n) is 4.96. The quantitative estimate of drug-likeness (QED) is 0.888. The average molecular weight is 261 g/mol. The Hall–Kier alpha value is -0.810. The number of aryl methyl sites for hydroxylation is 1. The van der Waals surface area contributed by atoms with Crippen LogP contribution < -0.4 is 4.72 Å². The predicted octanol–water partition coefficient (Wildman–Crippen LogP) is 3.34. The van der Waals surface area contributed by atoms with E-state index in [9.17, 15) is 13.0 Å². The first-order valence-corrected chi connectivity index (χ1v) is 6.44. The standard InChI is InChI=1S/C12H17F2NOS/c1-8-5-6-10(9(7-8)11(13)14)17(16)15-12(2,3)4/h5-7,11,15H,1-4H3. The Morgan fingerprint density at radius 1 is 1.29 bits per heavy atom. The van der Waals surface area contributed by atoms with Gasteiger partial charge in [-0.05, 0) is 39.8 Å². The zero-order chi connectivity index (χ0) is 13.2. The molecule has 0 bridgehead atoms. The van der Waals surface area contributed by atoms with Gasteiger partial charge in [0, 0.05) is 11.1 Å². The van der Waals surface area contributed by atoms with E-state index in [1.54, 1.807) is 13.0 Å². The van der Waals surface area contributed by atoms with Gasteiger partial charge >= 0.3 is 0 Å². The molecule has 1 aromatic carbocycles. The molecule has 1 unspecified atom stereocenters. The van der Waals surface area contributed by atoms with Crippen LogP contribution in [-0.2, 0) is 11.0 Å². The second kappa shape index (κ2) is 5.23. The van der Waals surface area contributed by atoms with E-state index in [0.29, 0.717) is 0 Å². The normalized spacial score (nSPS) is 14.1. The molecule has 0 aliphatic rings. The third-order valence-electron chi connectivity index (χ3n) is 2.00. The van der Waals surface area contributed by atoms with Crippen LogP contribution in [0.5, 0.6) is 0 Å². The number of alkyl halides is 2. The lowest BCUT2D eigenvalue weighted by molar-refractivity contribution is 0.148. The third-order valence-corrected chi connectivity index (χ3v) is 3.57. The number of rotatable bonds is 3. The minimum Gasteiger partial charge on any atom is -0.237 e. The van der Waals surface area contributed by atoms with Crippen molar-refractivity contribution in [1.82, 2.24) is 4.72 Å². The van der Waals surface area contributed by atoms with Gasteiger partial charge in [0.2, 0.25) is 0 Å². The Bertz CT molecular complexity index is 427. The summed E-state index contributed by atoms with van der Waals surface area (Å²) >= 11 is 0. The minimum absolute atomic E-state index is 0.153. The van der Waals surface area contributed by atoms with Crippen LogP contribution in [-0.4, -0.2) is 9.75 Å². The van der Waals surface area contributed by atoms with Crippen LogP contribution in [0.15, 0.2) is 23.1 Å². The molecule has 0 heterocycles. The van der Waals surface area contributed by atoms with Gasteiger partial charge in [0.15, 0.2) is 0 Å². The van der Waals surface area contributed by atoms with Gasteiger partial charge in [-0.25, -0.2) is 17.7 Å². The molecule has 1 atom stereocenters. The second-order valence-corrected chi connectivity index (χ2v) is 6.14. The maximum atomic E-state index is 12.8. The number of halogens is 2. The summed E-state index contributed by atoms with van der Waals surface area (Å²) in [5.74, 6) is 0. The summed E-state index contributed by atoms with van der Waals surface area (Å²) in [4.78, 5) is 0.153. The van der Waals surface area contributed by atoms with Crippen LogP contribution in [0.25, 0.3) is 0 Å². The molecule has 0 aliphatic carbocycles. The number of nitrogens with one attached hydrogen (secondary N) is 1. The van der Waals surface area contributed by atoms with Gasteiger partial charge in [-0.15, -0.1) is 0 Å². The summed E-state index contributed by atoms with van der Waals surface area (Å²) in [6.45, 7) is 7.24. The van der Waals surface area contributed by atoms with Crippen molar-refractivity contribution in [2.75, 3.05) is 0 Å². The summed E-state index contributed by atoms with van der Waals surface area (Å²) < 4.78 is 40.4. The summed E-state index contributed by atoms with van der Waals surface area (Å²) in [7, 11) is -1.62. The molecule has 0 saturated carbocycles. The zero-order valence-electron chi connectivity index (χ0n) is 10.4. The molecule has 1 N–H and O–H groups in total. The SMILES string of the molecule is Cc1ccc(S(=O)NC(C)(C)C)c(C(F)F)c1. The van der Waals surface area contributed by atoms with Crippen molar-refractivity contribution in [2.24, 2.45) is 0 Å². The van der Waals surface area contributed by atoms with E-state index in [0.717, 1.165) is 5.56 Å². The van der Waals surface area contributed by atoms with E-state index in [4.69, 9.17) is 0 Å². The molecule has 1 aromatic rings. The number of benzene rings is 1. The molecule has 2 nitrogen and oxygen atoms in total. The van der Waals surface area contributed by atoms with Crippen molar-refractivity contribution in [1.29, 1.82) is 0 Å². The van der Waals surface area contributed by atoms with Crippen LogP contribution in [0.3, 0.4) is 0 Å². The largest absolute Gasteiger partial charge is 0.265 e. The Morgan fingerprint density at radius 2 is 1.88 bits per heavy atom. The molecular weight excluding hydrogens is 244 g/mol. The van der Waals surface area contributed by atoms with Gasteiger partial charge in [0.1, 0.15) is 11.0 Å². The monoisotopic (exact) mass is 261 g/mol. The van der Waals surface area contributed by atoms with Crippen molar-refractivity contribution in [3.63, 3.8) is 0 Å². The highest BCUT2D eigenvalue weighted by atomic mass is 32.2. The first-order valence-electron chi connectivity index (χ1n) is 5.29. The smallest absolute Gasteiger partial charge is 0.237 e. The van der Waals surface area contributed by atoms with E-state index in [1.807, 2.05) is 20.8 Å². The lowest BCUT2D eigenvalue weighted by Gasteiger charge is -2.20. The maximum Gasteiger partial charge on any atom is 0.265 e. The molecule has 5 heteroatoms. The first kappa shape index (κ1) is 14.3. The molecule has 0 fully saturated rings. The molecule has 0 aromatic heterocycles. The van der Waals surface area contributed by atoms with Crippen LogP contribution in [0.2, 0.25) is 0 Å². The van der Waals surface area contributed by atoms with E-state index in [2.05, 4.69) is 4.72 Å². The van der Waals surface area contributed by atoms with Crippen LogP contribution >= 0.6 is 0 Å². The Morgan fingerprint density at radius 3 is 2.35 bits per heavy atom. The van der Waals surface area contributed by atoms with Crippen molar-refractivity contribution >= 4 is 11.0 Å². The highest BCUT2D eigenvalue weighted by Gasteiger charge is 2.21. The molecule has 1 rings (SSSR count). The Balaban J connectivity index is 3.09. The highest BCUT2D eigenvalue weighted by molar-refractivity contribution is 7.83. The Labute approximate surface area is 103 Å². The fourth-order valence-corrected chi connectivity index (χ4v) is 2.56. The topological polar surface area (TPSA) is 29.1 Å². The van der Waals surface area contributed by atoms with Crippen molar-refractivity contribution in [3.05, 3.63) is 29.3 Å². The number of hydrogen-bond acceptors (Lipinski definition) is 1. The molecule has 0 aliphatic heterocycles. The lowest BCUT2D eigenvalue weighted by atomic mass is 10.1. The lowest BCUT2D eigenvalue weighted by Crippen LogP contribution is -2.37. The summed E-state index contributed by atoms with van der Waals surface area (Å²) in [5, 5.41) is 0. The van der Waals surface area contributed by atoms with Gasteiger partial charge in [-0.2, -0.15) is 0 Å². The number of hydrogen-bond donors (Lipinski definition) is 1. The van der Waals surface area contributed by atoms with Gasteiger partial charge in [-0.1, -0.05) is 11.6 Å². The predicted molar refractivity (Wildman–Crippen MR) is 65.4 cm³/mol. The van der Waals surface area contributed by atoms with Crippen molar-refractivity contribution in [2.45, 2.75) is 44.6 Å². The van der Waals surface area contributed by atoms with E-state index < -0.39 is 22.9 Å². The van der Waals surface area contributed by atoms with E-state index in [1.165, 1.54) is 12.1 Å².